The molecule has 20 heavy (non-hydrogen) atoms. The van der Waals surface area contributed by atoms with Crippen molar-refractivity contribution >= 4 is 16.9 Å². The molecule has 1 atom stereocenters. The lowest BCUT2D eigenvalue weighted by Crippen LogP contribution is -2.42. The van der Waals surface area contributed by atoms with Gasteiger partial charge in [0.15, 0.2) is 0 Å². The number of carbonyl (C=O) groups is 1. The first kappa shape index (κ1) is 14.5. The van der Waals surface area contributed by atoms with Crippen molar-refractivity contribution in [3.05, 3.63) is 30.1 Å². The molecule has 0 radical (unpaired) electrons. The Morgan fingerprint density at radius 3 is 2.90 bits per heavy atom. The van der Waals surface area contributed by atoms with E-state index in [-0.39, 0.29) is 11.9 Å². The highest BCUT2D eigenvalue weighted by molar-refractivity contribution is 5.80. The van der Waals surface area contributed by atoms with Gasteiger partial charge in [0.2, 0.25) is 5.91 Å². The maximum Gasteiger partial charge on any atom is 0.234 e. The third-order valence-corrected chi connectivity index (χ3v) is 3.47. The molecule has 1 aromatic carbocycles. The number of hydrogen-bond donors (Lipinski definition) is 2. The van der Waals surface area contributed by atoms with Crippen molar-refractivity contribution in [3.8, 4) is 0 Å². The molecule has 0 aliphatic carbocycles. The van der Waals surface area contributed by atoms with Crippen molar-refractivity contribution in [2.45, 2.75) is 39.3 Å². The third kappa shape index (κ3) is 3.17. The highest BCUT2D eigenvalue weighted by Gasteiger charge is 2.15. The summed E-state index contributed by atoms with van der Waals surface area (Å²) in [7, 11) is 0. The van der Waals surface area contributed by atoms with Gasteiger partial charge in [-0.05, 0) is 38.4 Å². The van der Waals surface area contributed by atoms with Crippen LogP contribution in [0.2, 0.25) is 0 Å². The summed E-state index contributed by atoms with van der Waals surface area (Å²) >= 11 is 0. The van der Waals surface area contributed by atoms with Crippen LogP contribution in [0.3, 0.4) is 0 Å². The van der Waals surface area contributed by atoms with Crippen LogP contribution in [0, 0.1) is 6.92 Å². The Bertz CT molecular complexity index is 591. The lowest BCUT2D eigenvalue weighted by atomic mass is 10.2. The number of rotatable bonds is 7. The van der Waals surface area contributed by atoms with Crippen LogP contribution in [-0.4, -0.2) is 28.0 Å². The van der Waals surface area contributed by atoms with Gasteiger partial charge in [0.1, 0.15) is 5.82 Å². The van der Waals surface area contributed by atoms with Crippen molar-refractivity contribution in [3.63, 3.8) is 0 Å². The number of primary amides is 1. The minimum Gasteiger partial charge on any atom is -0.368 e. The number of nitrogens with two attached hydrogens (primary N) is 1. The fraction of sp³-hybridized carbons (Fsp3) is 0.467. The predicted octanol–water partition coefficient (Wildman–Crippen LogP) is 1.59. The summed E-state index contributed by atoms with van der Waals surface area (Å²) in [6, 6.07) is 7.75. The van der Waals surface area contributed by atoms with E-state index in [2.05, 4.69) is 21.8 Å². The first-order valence-electron chi connectivity index (χ1n) is 7.08. The average Bonchev–Trinajstić information content (AvgIpc) is 2.74. The number of benzene rings is 1. The van der Waals surface area contributed by atoms with E-state index in [4.69, 9.17) is 5.73 Å². The van der Waals surface area contributed by atoms with Crippen LogP contribution >= 0.6 is 0 Å². The number of hydrogen-bond acceptors (Lipinski definition) is 3. The topological polar surface area (TPSA) is 72.9 Å². The zero-order valence-corrected chi connectivity index (χ0v) is 12.1. The number of aromatic nitrogens is 2. The number of nitrogens with zero attached hydrogens (tertiary/aromatic N) is 2. The van der Waals surface area contributed by atoms with Gasteiger partial charge in [0.05, 0.1) is 17.1 Å². The molecule has 1 aromatic heterocycles. The Morgan fingerprint density at radius 1 is 1.45 bits per heavy atom. The second-order valence-electron chi connectivity index (χ2n) is 5.00. The van der Waals surface area contributed by atoms with Crippen LogP contribution < -0.4 is 11.1 Å². The van der Waals surface area contributed by atoms with Gasteiger partial charge in [0, 0.05) is 6.54 Å². The van der Waals surface area contributed by atoms with Crippen LogP contribution in [0.25, 0.3) is 11.0 Å². The number of imidazole rings is 1. The molecular weight excluding hydrogens is 252 g/mol. The summed E-state index contributed by atoms with van der Waals surface area (Å²) < 4.78 is 2.14. The molecule has 1 amide bonds. The zero-order valence-electron chi connectivity index (χ0n) is 12.1. The second kappa shape index (κ2) is 6.52. The summed E-state index contributed by atoms with van der Waals surface area (Å²) in [5.41, 5.74) is 7.53. The van der Waals surface area contributed by atoms with Crippen molar-refractivity contribution in [2.24, 2.45) is 5.73 Å². The molecule has 0 saturated carbocycles. The first-order valence-corrected chi connectivity index (χ1v) is 7.08. The number of aryl methyl sites for hydroxylation is 2. The molecule has 0 spiro atoms. The summed E-state index contributed by atoms with van der Waals surface area (Å²) in [6.45, 7) is 5.59. The smallest absolute Gasteiger partial charge is 0.234 e. The quantitative estimate of drug-likeness (QED) is 0.805. The molecule has 1 heterocycles. The number of amides is 1. The summed E-state index contributed by atoms with van der Waals surface area (Å²) in [5, 5.41) is 3.19. The lowest BCUT2D eigenvalue weighted by Gasteiger charge is -2.16. The molecule has 3 N–H and O–H groups in total. The standard InChI is InChI=1S/C15H22N4O/c1-3-9-17-13(15(16)20)8-10-19-11(2)18-12-6-4-5-7-14(12)19/h4-7,13,17H,3,8-10H2,1-2H3,(H2,16,20). The van der Waals surface area contributed by atoms with E-state index in [1.54, 1.807) is 0 Å². The average molecular weight is 274 g/mol. The van der Waals surface area contributed by atoms with Crippen LogP contribution in [-0.2, 0) is 11.3 Å². The van der Waals surface area contributed by atoms with Gasteiger partial charge in [-0.1, -0.05) is 19.1 Å². The van der Waals surface area contributed by atoms with Crippen LogP contribution in [0.5, 0.6) is 0 Å². The molecule has 2 aromatic rings. The third-order valence-electron chi connectivity index (χ3n) is 3.47. The molecule has 1 unspecified atom stereocenters. The van der Waals surface area contributed by atoms with Gasteiger partial charge in [0.25, 0.3) is 0 Å². The molecule has 5 nitrogen and oxygen atoms in total. The Morgan fingerprint density at radius 2 is 2.20 bits per heavy atom. The maximum atomic E-state index is 11.4. The van der Waals surface area contributed by atoms with E-state index < -0.39 is 0 Å². The molecular formula is C15H22N4O. The Kier molecular flexibility index (Phi) is 4.74. The fourth-order valence-corrected chi connectivity index (χ4v) is 2.40. The first-order chi connectivity index (χ1) is 9.63. The van der Waals surface area contributed by atoms with Crippen molar-refractivity contribution in [1.29, 1.82) is 0 Å². The van der Waals surface area contributed by atoms with Gasteiger partial charge in [-0.15, -0.1) is 0 Å². The number of carbonyl (C=O) groups excluding carboxylic acids is 1. The van der Waals surface area contributed by atoms with E-state index in [1.165, 1.54) is 0 Å². The number of fused-ring (bicyclic) bond motifs is 1. The maximum absolute atomic E-state index is 11.4. The predicted molar refractivity (Wildman–Crippen MR) is 80.4 cm³/mol. The van der Waals surface area contributed by atoms with Gasteiger partial charge < -0.3 is 15.6 Å². The second-order valence-corrected chi connectivity index (χ2v) is 5.00. The molecule has 5 heteroatoms. The molecule has 0 bridgehead atoms. The van der Waals surface area contributed by atoms with E-state index in [0.29, 0.717) is 6.42 Å². The van der Waals surface area contributed by atoms with E-state index in [1.807, 2.05) is 31.2 Å². The van der Waals surface area contributed by atoms with E-state index in [9.17, 15) is 4.79 Å². The zero-order chi connectivity index (χ0) is 14.5. The normalized spacial score (nSPS) is 12.7. The SMILES string of the molecule is CCCNC(CCn1c(C)nc2ccccc21)C(N)=O. The minimum absolute atomic E-state index is 0.282. The molecule has 0 fully saturated rings. The van der Waals surface area contributed by atoms with Crippen molar-refractivity contribution in [2.75, 3.05) is 6.54 Å². The van der Waals surface area contributed by atoms with Gasteiger partial charge in [-0.25, -0.2) is 4.98 Å². The van der Waals surface area contributed by atoms with Gasteiger partial charge in [-0.2, -0.15) is 0 Å². The highest BCUT2D eigenvalue weighted by Crippen LogP contribution is 2.16. The number of para-hydroxylation sites is 2. The highest BCUT2D eigenvalue weighted by atomic mass is 16.1. The Labute approximate surface area is 119 Å². The lowest BCUT2D eigenvalue weighted by molar-refractivity contribution is -0.120. The van der Waals surface area contributed by atoms with Crippen molar-refractivity contribution in [1.82, 2.24) is 14.9 Å². The summed E-state index contributed by atoms with van der Waals surface area (Å²) in [5.74, 6) is 0.672. The van der Waals surface area contributed by atoms with Gasteiger partial charge in [-0.3, -0.25) is 4.79 Å². The molecule has 108 valence electrons. The molecule has 0 aliphatic heterocycles. The number of nitrogens with one attached hydrogen (secondary N) is 1. The Hall–Kier alpha value is -1.88. The molecule has 2 rings (SSSR count). The minimum atomic E-state index is -0.291. The van der Waals surface area contributed by atoms with E-state index in [0.717, 1.165) is 36.4 Å². The monoisotopic (exact) mass is 274 g/mol. The Balaban J connectivity index is 2.11. The van der Waals surface area contributed by atoms with Crippen molar-refractivity contribution < 1.29 is 4.79 Å². The fourth-order valence-electron chi connectivity index (χ4n) is 2.40. The van der Waals surface area contributed by atoms with E-state index >= 15 is 0 Å². The molecule has 0 aliphatic rings. The van der Waals surface area contributed by atoms with Gasteiger partial charge >= 0.3 is 0 Å². The van der Waals surface area contributed by atoms with Crippen LogP contribution in [0.4, 0.5) is 0 Å². The summed E-state index contributed by atoms with van der Waals surface area (Å²) in [4.78, 5) is 16.0. The van der Waals surface area contributed by atoms with Crippen LogP contribution in [0.15, 0.2) is 24.3 Å². The molecule has 0 saturated heterocycles. The largest absolute Gasteiger partial charge is 0.368 e. The van der Waals surface area contributed by atoms with Crippen LogP contribution in [0.1, 0.15) is 25.6 Å². The summed E-state index contributed by atoms with van der Waals surface area (Å²) in [6.07, 6.45) is 1.66.